The Morgan fingerprint density at radius 1 is 1.53 bits per heavy atom. The van der Waals surface area contributed by atoms with E-state index in [1.165, 1.54) is 5.56 Å². The molecule has 2 unspecified atom stereocenters. The van der Waals surface area contributed by atoms with Gasteiger partial charge < -0.3 is 9.84 Å². The third-order valence-corrected chi connectivity index (χ3v) is 3.39. The average molecular weight is 206 g/mol. The maximum Gasteiger partial charge on any atom is 0.124 e. The molecule has 1 aromatic rings. The van der Waals surface area contributed by atoms with Gasteiger partial charge in [0.2, 0.25) is 0 Å². The number of ether oxygens (including phenoxy) is 1. The van der Waals surface area contributed by atoms with Gasteiger partial charge in [-0.15, -0.1) is 0 Å². The molecule has 1 aliphatic rings. The minimum atomic E-state index is -0.633. The van der Waals surface area contributed by atoms with E-state index in [2.05, 4.69) is 6.92 Å². The van der Waals surface area contributed by atoms with E-state index in [0.29, 0.717) is 5.92 Å². The number of methoxy groups -OCH3 is 1. The van der Waals surface area contributed by atoms with Crippen LogP contribution in [0, 0.1) is 12.8 Å². The van der Waals surface area contributed by atoms with Crippen LogP contribution in [0.25, 0.3) is 0 Å². The van der Waals surface area contributed by atoms with Gasteiger partial charge in [0.1, 0.15) is 5.75 Å². The Balaban J connectivity index is 2.39. The van der Waals surface area contributed by atoms with E-state index in [1.54, 1.807) is 7.11 Å². The van der Waals surface area contributed by atoms with E-state index >= 15 is 0 Å². The third kappa shape index (κ3) is 1.63. The molecule has 1 aliphatic carbocycles. The Bertz CT molecular complexity index is 373. The summed E-state index contributed by atoms with van der Waals surface area (Å²) in [4.78, 5) is 0. The van der Waals surface area contributed by atoms with Gasteiger partial charge in [0.05, 0.1) is 12.7 Å². The molecule has 1 aromatic carbocycles. The van der Waals surface area contributed by atoms with Crippen molar-refractivity contribution >= 4 is 0 Å². The molecule has 0 amide bonds. The van der Waals surface area contributed by atoms with Crippen LogP contribution in [0.1, 0.15) is 30.9 Å². The van der Waals surface area contributed by atoms with Crippen molar-refractivity contribution in [1.29, 1.82) is 0 Å². The van der Waals surface area contributed by atoms with Crippen molar-refractivity contribution < 1.29 is 9.84 Å². The van der Waals surface area contributed by atoms with Gasteiger partial charge in [0.15, 0.2) is 0 Å². The Labute approximate surface area is 90.9 Å². The normalized spacial score (nSPS) is 28.9. The van der Waals surface area contributed by atoms with Crippen molar-refractivity contribution in [1.82, 2.24) is 0 Å². The lowest BCUT2D eigenvalue weighted by atomic mass is 10.0. The van der Waals surface area contributed by atoms with Crippen molar-refractivity contribution in [3.8, 4) is 5.75 Å². The fourth-order valence-electron chi connectivity index (χ4n) is 2.29. The summed E-state index contributed by atoms with van der Waals surface area (Å²) < 4.78 is 5.30. The molecule has 1 fully saturated rings. The average Bonchev–Trinajstić information content (AvgIpc) is 2.91. The monoisotopic (exact) mass is 206 g/mol. The molecule has 0 bridgehead atoms. The highest BCUT2D eigenvalue weighted by molar-refractivity contribution is 5.44. The van der Waals surface area contributed by atoms with E-state index in [1.807, 2.05) is 25.1 Å². The summed E-state index contributed by atoms with van der Waals surface area (Å²) in [6.07, 6.45) is 1.89. The molecule has 1 saturated carbocycles. The van der Waals surface area contributed by atoms with Crippen molar-refractivity contribution in [2.75, 3.05) is 7.11 Å². The van der Waals surface area contributed by atoms with Gasteiger partial charge in [-0.25, -0.2) is 0 Å². The summed E-state index contributed by atoms with van der Waals surface area (Å²) >= 11 is 0. The Morgan fingerprint density at radius 3 is 2.80 bits per heavy atom. The minimum Gasteiger partial charge on any atom is -0.496 e. The molecule has 2 atom stereocenters. The molecule has 2 nitrogen and oxygen atoms in total. The van der Waals surface area contributed by atoms with E-state index in [0.717, 1.165) is 24.2 Å². The molecule has 2 rings (SSSR count). The van der Waals surface area contributed by atoms with Gasteiger partial charge in [-0.1, -0.05) is 25.0 Å². The molecular weight excluding hydrogens is 188 g/mol. The summed E-state index contributed by atoms with van der Waals surface area (Å²) in [6, 6.07) is 5.98. The van der Waals surface area contributed by atoms with Gasteiger partial charge in [-0.2, -0.15) is 0 Å². The lowest BCUT2D eigenvalue weighted by Gasteiger charge is -2.15. The molecule has 0 radical (unpaired) electrons. The van der Waals surface area contributed by atoms with Gasteiger partial charge in [-0.3, -0.25) is 0 Å². The summed E-state index contributed by atoms with van der Waals surface area (Å²) in [5, 5.41) is 10.4. The van der Waals surface area contributed by atoms with Crippen molar-refractivity contribution in [3.05, 3.63) is 29.3 Å². The number of hydrogen-bond donors (Lipinski definition) is 1. The second kappa shape index (κ2) is 3.53. The second-order valence-electron chi connectivity index (χ2n) is 4.44. The van der Waals surface area contributed by atoms with Crippen molar-refractivity contribution in [2.24, 2.45) is 5.92 Å². The molecule has 0 aliphatic heterocycles. The second-order valence-corrected chi connectivity index (χ2v) is 4.44. The highest BCUT2D eigenvalue weighted by Gasteiger charge is 2.54. The van der Waals surface area contributed by atoms with Crippen LogP contribution >= 0.6 is 0 Å². The standard InChI is InChI=1S/C13H18O2/c1-4-10-8-13(10,14)11-7-9(2)5-6-12(11)15-3/h5-7,10,14H,4,8H2,1-3H3. The molecule has 0 saturated heterocycles. The fraction of sp³-hybridized carbons (Fsp3) is 0.538. The van der Waals surface area contributed by atoms with Crippen LogP contribution in [0.3, 0.4) is 0 Å². The smallest absolute Gasteiger partial charge is 0.124 e. The largest absolute Gasteiger partial charge is 0.496 e. The first kappa shape index (κ1) is 10.5. The Kier molecular flexibility index (Phi) is 2.47. The molecule has 1 N–H and O–H groups in total. The zero-order chi connectivity index (χ0) is 11.1. The van der Waals surface area contributed by atoms with Gasteiger partial charge >= 0.3 is 0 Å². The van der Waals surface area contributed by atoms with Crippen molar-refractivity contribution in [2.45, 2.75) is 32.3 Å². The summed E-state index contributed by atoms with van der Waals surface area (Å²) in [5.74, 6) is 1.20. The minimum absolute atomic E-state index is 0.396. The molecule has 0 spiro atoms. The quantitative estimate of drug-likeness (QED) is 0.823. The van der Waals surface area contributed by atoms with E-state index < -0.39 is 5.60 Å². The molecule has 82 valence electrons. The van der Waals surface area contributed by atoms with Crippen LogP contribution in [-0.2, 0) is 5.60 Å². The first-order valence-corrected chi connectivity index (χ1v) is 5.49. The van der Waals surface area contributed by atoms with Crippen molar-refractivity contribution in [3.63, 3.8) is 0 Å². The van der Waals surface area contributed by atoms with Crippen LogP contribution in [0.15, 0.2) is 18.2 Å². The predicted molar refractivity (Wildman–Crippen MR) is 60.0 cm³/mol. The topological polar surface area (TPSA) is 29.5 Å². The molecule has 0 aromatic heterocycles. The fourth-order valence-corrected chi connectivity index (χ4v) is 2.29. The maximum atomic E-state index is 10.4. The van der Waals surface area contributed by atoms with Crippen LogP contribution in [-0.4, -0.2) is 12.2 Å². The van der Waals surface area contributed by atoms with Crippen LogP contribution < -0.4 is 4.74 Å². The summed E-state index contributed by atoms with van der Waals surface area (Å²) in [6.45, 7) is 4.15. The number of hydrogen-bond acceptors (Lipinski definition) is 2. The molecule has 15 heavy (non-hydrogen) atoms. The third-order valence-electron chi connectivity index (χ3n) is 3.39. The van der Waals surface area contributed by atoms with Gasteiger partial charge in [-0.05, 0) is 31.4 Å². The number of aryl methyl sites for hydroxylation is 1. The van der Waals surface area contributed by atoms with Crippen LogP contribution in [0.5, 0.6) is 5.75 Å². The summed E-state index contributed by atoms with van der Waals surface area (Å²) in [7, 11) is 1.65. The van der Waals surface area contributed by atoms with Gasteiger partial charge in [0.25, 0.3) is 0 Å². The van der Waals surface area contributed by atoms with Gasteiger partial charge in [0, 0.05) is 5.56 Å². The molecule has 0 heterocycles. The zero-order valence-corrected chi connectivity index (χ0v) is 9.58. The number of benzene rings is 1. The molecular formula is C13H18O2. The highest BCUT2D eigenvalue weighted by atomic mass is 16.5. The Hall–Kier alpha value is -1.02. The maximum absolute atomic E-state index is 10.4. The summed E-state index contributed by atoms with van der Waals surface area (Å²) in [5.41, 5.74) is 1.49. The lowest BCUT2D eigenvalue weighted by molar-refractivity contribution is 0.126. The SMILES string of the molecule is CCC1CC1(O)c1cc(C)ccc1OC. The van der Waals surface area contributed by atoms with E-state index in [9.17, 15) is 5.11 Å². The van der Waals surface area contributed by atoms with E-state index in [4.69, 9.17) is 4.74 Å². The lowest BCUT2D eigenvalue weighted by Crippen LogP contribution is -2.10. The van der Waals surface area contributed by atoms with Crippen LogP contribution in [0.2, 0.25) is 0 Å². The number of aliphatic hydroxyl groups is 1. The zero-order valence-electron chi connectivity index (χ0n) is 9.58. The predicted octanol–water partition coefficient (Wildman–Crippen LogP) is 2.62. The van der Waals surface area contributed by atoms with E-state index in [-0.39, 0.29) is 0 Å². The first-order chi connectivity index (χ1) is 7.11. The Morgan fingerprint density at radius 2 is 2.27 bits per heavy atom. The van der Waals surface area contributed by atoms with Crippen LogP contribution in [0.4, 0.5) is 0 Å². The molecule has 2 heteroatoms. The highest BCUT2D eigenvalue weighted by Crippen LogP contribution is 2.56. The number of rotatable bonds is 3. The first-order valence-electron chi connectivity index (χ1n) is 5.49.